The molecule has 0 aliphatic carbocycles. The van der Waals surface area contributed by atoms with Crippen molar-refractivity contribution in [1.29, 1.82) is 0 Å². The van der Waals surface area contributed by atoms with Gasteiger partial charge in [0.25, 0.3) is 11.8 Å². The van der Waals surface area contributed by atoms with E-state index in [-0.39, 0.29) is 29.3 Å². The summed E-state index contributed by atoms with van der Waals surface area (Å²) in [5.74, 6) is -1.90. The van der Waals surface area contributed by atoms with Crippen LogP contribution in [0.1, 0.15) is 53.0 Å². The van der Waals surface area contributed by atoms with Crippen LogP contribution in [-0.4, -0.2) is 73.3 Å². The second-order valence-corrected chi connectivity index (χ2v) is 14.6. The van der Waals surface area contributed by atoms with Gasteiger partial charge < -0.3 is 19.9 Å². The second kappa shape index (κ2) is 11.0. The Morgan fingerprint density at radius 1 is 1.10 bits per heavy atom. The molecule has 2 heterocycles. The number of rotatable bonds is 9. The first-order valence-corrected chi connectivity index (χ1v) is 16.1. The minimum atomic E-state index is -8.32. The predicted molar refractivity (Wildman–Crippen MR) is 156 cm³/mol. The molecule has 0 saturated carbocycles. The van der Waals surface area contributed by atoms with Crippen molar-refractivity contribution in [3.63, 3.8) is 0 Å². The van der Waals surface area contributed by atoms with E-state index >= 15 is 0 Å². The molecule has 0 aromatic heterocycles. The molecule has 2 aromatic carbocycles. The van der Waals surface area contributed by atoms with Gasteiger partial charge >= 0.3 is 0 Å². The highest BCUT2D eigenvalue weighted by atomic mass is 32.5. The van der Waals surface area contributed by atoms with Gasteiger partial charge in [0.15, 0.2) is 9.84 Å². The lowest BCUT2D eigenvalue weighted by molar-refractivity contribution is 0.0784. The highest BCUT2D eigenvalue weighted by Gasteiger charge is 2.62. The summed E-state index contributed by atoms with van der Waals surface area (Å²) >= 11 is 0. The van der Waals surface area contributed by atoms with Crippen LogP contribution >= 0.6 is 9.84 Å². The fourth-order valence-corrected chi connectivity index (χ4v) is 6.45. The van der Waals surface area contributed by atoms with Crippen LogP contribution in [-0.2, 0) is 4.74 Å². The van der Waals surface area contributed by atoms with Crippen LogP contribution in [0.5, 0.6) is 0 Å². The molecule has 4 rings (SSSR count). The summed E-state index contributed by atoms with van der Waals surface area (Å²) in [6, 6.07) is 7.52. The fourth-order valence-electron chi connectivity index (χ4n) is 5.38. The molecular weight excluding hydrogens is 558 g/mol. The van der Waals surface area contributed by atoms with Crippen LogP contribution in [0, 0.1) is 12.8 Å². The molecule has 1 N–H and O–H groups in total. The van der Waals surface area contributed by atoms with Gasteiger partial charge in [0.05, 0.1) is 17.3 Å². The Morgan fingerprint density at radius 2 is 1.80 bits per heavy atom. The average molecular weight is 598 g/mol. The third kappa shape index (κ3) is 6.72. The number of carbonyl (C=O) groups is 2. The summed E-state index contributed by atoms with van der Waals surface area (Å²) in [5, 5.41) is 4.93. The maximum atomic E-state index is 14.1. The van der Waals surface area contributed by atoms with Crippen molar-refractivity contribution < 1.29 is 29.9 Å². The Kier molecular flexibility index (Phi) is 8.27. The van der Waals surface area contributed by atoms with E-state index in [9.17, 15) is 25.1 Å². The van der Waals surface area contributed by atoms with Crippen LogP contribution < -0.4 is 15.8 Å². The number of benzene rings is 2. The molecule has 2 aliphatic rings. The Hall–Kier alpha value is -3.05. The molecule has 226 valence electrons. The van der Waals surface area contributed by atoms with Gasteiger partial charge in [0, 0.05) is 61.9 Å². The molecule has 2 aromatic rings. The highest BCUT2D eigenvalue weighted by molar-refractivity contribution is 8.49. The molecule has 2 amide bonds. The number of likely N-dealkylation sites (tertiary alicyclic amines) is 1. The van der Waals surface area contributed by atoms with E-state index < -0.39 is 20.5 Å². The number of fused-ring (bicyclic) bond motifs is 1. The molecule has 0 spiro atoms. The summed E-state index contributed by atoms with van der Waals surface area (Å²) in [4.78, 5) is 28.4. The lowest BCUT2D eigenvalue weighted by atomic mass is 10.0. The molecule has 2 aliphatic heterocycles. The molecule has 0 radical (unpaired) electrons. The van der Waals surface area contributed by atoms with Crippen LogP contribution in [0.3, 0.4) is 0 Å². The quantitative estimate of drug-likeness (QED) is 0.329. The van der Waals surface area contributed by atoms with Gasteiger partial charge in [0.1, 0.15) is 0 Å². The van der Waals surface area contributed by atoms with E-state index in [0.29, 0.717) is 50.5 Å². The summed E-state index contributed by atoms with van der Waals surface area (Å²) in [5.41, 5.74) is 1.61. The van der Waals surface area contributed by atoms with E-state index in [1.807, 2.05) is 19.1 Å². The molecule has 11 heteroatoms. The summed E-state index contributed by atoms with van der Waals surface area (Å²) in [7, 11) is -6.74. The van der Waals surface area contributed by atoms with Gasteiger partial charge in [-0.3, -0.25) is 9.59 Å². The Morgan fingerprint density at radius 3 is 2.46 bits per heavy atom. The maximum absolute atomic E-state index is 14.1. The molecule has 0 bridgehead atoms. The highest BCUT2D eigenvalue weighted by Crippen LogP contribution is 3.00. The molecule has 1 fully saturated rings. The van der Waals surface area contributed by atoms with E-state index in [4.69, 9.17) is 4.74 Å². The van der Waals surface area contributed by atoms with Gasteiger partial charge in [0.2, 0.25) is 0 Å². The van der Waals surface area contributed by atoms with E-state index in [2.05, 4.69) is 29.4 Å². The molecular formula is C30H39F4N3O3S. The molecule has 1 saturated heterocycles. The molecule has 41 heavy (non-hydrogen) atoms. The maximum Gasteiger partial charge on any atom is 0.253 e. The first-order chi connectivity index (χ1) is 19.2. The zero-order chi connectivity index (χ0) is 30.1. The van der Waals surface area contributed by atoms with Crippen molar-refractivity contribution in [3.8, 4) is 0 Å². The Labute approximate surface area is 238 Å². The minimum Gasteiger partial charge on any atom is -0.383 e. The standard InChI is InChI=1S/C30H39F4N3O3S/c1-5-41(31,32,33,34)26-11-8-25(9-12-26)30(39)36-16-14-23(18-36)19-37-20-28-22(3)27(29(38)35-15-17-40-4)13-10-24(28)7-6-21(37)2/h7-13,20-21,23H,5-6,14-19H2,1-4H3,(H,35,38). The molecule has 2 unspecified atom stereocenters. The van der Waals surface area contributed by atoms with Crippen molar-refractivity contribution in [2.24, 2.45) is 5.92 Å². The number of nitrogens with zero attached hydrogens (tertiary/aromatic N) is 2. The number of amides is 2. The Bertz CT molecular complexity index is 1440. The second-order valence-electron chi connectivity index (χ2n) is 11.1. The number of hydrogen-bond acceptors (Lipinski definition) is 4. The normalized spacial score (nSPS) is 20.7. The van der Waals surface area contributed by atoms with E-state index in [0.717, 1.165) is 47.9 Å². The van der Waals surface area contributed by atoms with Crippen LogP contribution in [0.15, 0.2) is 41.3 Å². The summed E-state index contributed by atoms with van der Waals surface area (Å²) in [6.07, 6.45) is 5.86. The van der Waals surface area contributed by atoms with Gasteiger partial charge in [-0.15, -0.1) is 15.5 Å². The van der Waals surface area contributed by atoms with E-state index in [1.165, 1.54) is 0 Å². The first-order valence-electron chi connectivity index (χ1n) is 13.9. The Balaban J connectivity index is 1.48. The zero-order valence-corrected chi connectivity index (χ0v) is 24.8. The van der Waals surface area contributed by atoms with Crippen molar-refractivity contribution in [1.82, 2.24) is 15.1 Å². The lowest BCUT2D eigenvalue weighted by Gasteiger charge is -2.49. The number of methoxy groups -OCH3 is 1. The van der Waals surface area contributed by atoms with Crippen molar-refractivity contribution in [2.45, 2.75) is 44.6 Å². The number of ether oxygens (including phenoxy) is 1. The number of hydrogen-bond donors (Lipinski definition) is 1. The van der Waals surface area contributed by atoms with Gasteiger partial charge in [-0.1, -0.05) is 12.1 Å². The van der Waals surface area contributed by atoms with Crippen LogP contribution in [0.2, 0.25) is 0 Å². The van der Waals surface area contributed by atoms with Crippen LogP contribution in [0.25, 0.3) is 12.3 Å². The van der Waals surface area contributed by atoms with Crippen molar-refractivity contribution in [2.75, 3.05) is 45.6 Å². The third-order valence-electron chi connectivity index (χ3n) is 8.17. The number of halogens is 4. The monoisotopic (exact) mass is 597 g/mol. The third-order valence-corrected chi connectivity index (χ3v) is 10.7. The smallest absolute Gasteiger partial charge is 0.253 e. The minimum absolute atomic E-state index is 0.115. The largest absolute Gasteiger partial charge is 0.383 e. The van der Waals surface area contributed by atoms with E-state index in [1.54, 1.807) is 12.0 Å². The number of carbonyl (C=O) groups excluding carboxylic acids is 2. The lowest BCUT2D eigenvalue weighted by Crippen LogP contribution is -2.37. The molecule has 2 atom stereocenters. The summed E-state index contributed by atoms with van der Waals surface area (Å²) < 4.78 is 61.5. The van der Waals surface area contributed by atoms with Gasteiger partial charge in [-0.25, -0.2) is 0 Å². The topological polar surface area (TPSA) is 61.9 Å². The van der Waals surface area contributed by atoms with Gasteiger partial charge in [-0.2, -0.15) is 0 Å². The van der Waals surface area contributed by atoms with Crippen molar-refractivity contribution in [3.05, 3.63) is 63.5 Å². The first kappa shape index (κ1) is 30.9. The number of nitrogens with one attached hydrogen (secondary N) is 1. The fraction of sp³-hybridized carbons (Fsp3) is 0.467. The summed E-state index contributed by atoms with van der Waals surface area (Å²) in [6.45, 7) is 7.36. The van der Waals surface area contributed by atoms with Crippen LogP contribution in [0.4, 0.5) is 15.5 Å². The zero-order valence-electron chi connectivity index (χ0n) is 24.0. The average Bonchev–Trinajstić information content (AvgIpc) is 3.34. The predicted octanol–water partition coefficient (Wildman–Crippen LogP) is 4.94. The SMILES string of the molecule is CCS(F)(F)(F)(F)c1ccc(C(=O)N2CCC(CN3C=c4c(C)c(C(=O)NCCOC)ccc4=CCC3C)C2)cc1. The molecule has 6 nitrogen and oxygen atoms in total. The van der Waals surface area contributed by atoms with Crippen molar-refractivity contribution >= 4 is 33.9 Å². The van der Waals surface area contributed by atoms with Gasteiger partial charge in [-0.05, 0) is 80.6 Å².